The quantitative estimate of drug-likeness (QED) is 0.736. The van der Waals surface area contributed by atoms with Crippen LogP contribution in [-0.2, 0) is 6.54 Å². The molecular weight excluding hydrogens is 240 g/mol. The molecule has 0 unspecified atom stereocenters. The van der Waals surface area contributed by atoms with Gasteiger partial charge in [0.05, 0.1) is 0 Å². The fraction of sp³-hybridized carbons (Fsp3) is 0.733. The number of hydrogen-bond donors (Lipinski definition) is 1. The highest BCUT2D eigenvalue weighted by Crippen LogP contribution is 2.27. The average molecular weight is 268 g/mol. The van der Waals surface area contributed by atoms with Gasteiger partial charge in [-0.25, -0.2) is 0 Å². The third-order valence-electron chi connectivity index (χ3n) is 4.02. The molecule has 0 amide bonds. The summed E-state index contributed by atoms with van der Waals surface area (Å²) in [6, 6.07) is 4.39. The summed E-state index contributed by atoms with van der Waals surface area (Å²) in [5, 5.41) is 5.55. The highest BCUT2D eigenvalue weighted by molar-refractivity contribution is 7.09. The molecule has 1 rings (SSSR count). The van der Waals surface area contributed by atoms with Crippen LogP contribution in [-0.4, -0.2) is 31.6 Å². The monoisotopic (exact) mass is 268 g/mol. The molecule has 0 aliphatic rings. The predicted molar refractivity (Wildman–Crippen MR) is 82.2 cm³/mol. The van der Waals surface area contributed by atoms with Gasteiger partial charge < -0.3 is 5.32 Å². The van der Waals surface area contributed by atoms with Gasteiger partial charge in [-0.1, -0.05) is 26.8 Å². The molecule has 1 heterocycles. The van der Waals surface area contributed by atoms with Crippen molar-refractivity contribution in [1.29, 1.82) is 0 Å². The van der Waals surface area contributed by atoms with Gasteiger partial charge in [0, 0.05) is 24.5 Å². The van der Waals surface area contributed by atoms with Crippen LogP contribution in [0.4, 0.5) is 0 Å². The van der Waals surface area contributed by atoms with Crippen LogP contribution >= 0.6 is 11.3 Å². The highest BCUT2D eigenvalue weighted by atomic mass is 32.1. The Balaban J connectivity index is 2.64. The van der Waals surface area contributed by atoms with Gasteiger partial charge in [0.2, 0.25) is 0 Å². The second-order valence-electron chi connectivity index (χ2n) is 5.12. The Morgan fingerprint density at radius 3 is 2.44 bits per heavy atom. The maximum atomic E-state index is 3.37. The Morgan fingerprint density at radius 1 is 1.28 bits per heavy atom. The van der Waals surface area contributed by atoms with Crippen molar-refractivity contribution in [2.24, 2.45) is 5.41 Å². The molecule has 1 aromatic rings. The molecule has 0 aromatic carbocycles. The van der Waals surface area contributed by atoms with Crippen molar-refractivity contribution in [2.45, 2.75) is 40.2 Å². The maximum Gasteiger partial charge on any atom is 0.0328 e. The molecular formula is C15H28N2S. The van der Waals surface area contributed by atoms with E-state index in [1.54, 1.807) is 0 Å². The lowest BCUT2D eigenvalue weighted by Crippen LogP contribution is -2.42. The molecule has 0 radical (unpaired) electrons. The minimum Gasteiger partial charge on any atom is -0.319 e. The minimum absolute atomic E-state index is 0.419. The van der Waals surface area contributed by atoms with Crippen molar-refractivity contribution in [1.82, 2.24) is 10.2 Å². The highest BCUT2D eigenvalue weighted by Gasteiger charge is 2.27. The van der Waals surface area contributed by atoms with Crippen LogP contribution in [0.15, 0.2) is 17.5 Å². The minimum atomic E-state index is 0.419. The first-order valence-corrected chi connectivity index (χ1v) is 7.97. The van der Waals surface area contributed by atoms with E-state index in [4.69, 9.17) is 0 Å². The van der Waals surface area contributed by atoms with Gasteiger partial charge in [-0.05, 0) is 43.3 Å². The SMILES string of the molecule is CCN(Cc1cccs1)CC(CC)(CC)CNC. The normalized spacial score (nSPS) is 12.3. The van der Waals surface area contributed by atoms with E-state index in [2.05, 4.69) is 55.5 Å². The fourth-order valence-corrected chi connectivity index (χ4v) is 3.28. The molecule has 2 nitrogen and oxygen atoms in total. The van der Waals surface area contributed by atoms with Crippen LogP contribution in [0.3, 0.4) is 0 Å². The van der Waals surface area contributed by atoms with Gasteiger partial charge in [-0.15, -0.1) is 11.3 Å². The molecule has 104 valence electrons. The number of thiophene rings is 1. The lowest BCUT2D eigenvalue weighted by Gasteiger charge is -2.36. The molecule has 18 heavy (non-hydrogen) atoms. The molecule has 0 saturated carbocycles. The Kier molecular flexibility index (Phi) is 6.90. The molecule has 0 bridgehead atoms. The van der Waals surface area contributed by atoms with E-state index in [1.807, 2.05) is 11.3 Å². The zero-order chi connectivity index (χ0) is 13.4. The van der Waals surface area contributed by atoms with Crippen molar-refractivity contribution in [3.05, 3.63) is 22.4 Å². The Morgan fingerprint density at radius 2 is 2.00 bits per heavy atom. The van der Waals surface area contributed by atoms with E-state index in [1.165, 1.54) is 24.3 Å². The van der Waals surface area contributed by atoms with Crippen molar-refractivity contribution in [3.8, 4) is 0 Å². The second-order valence-corrected chi connectivity index (χ2v) is 6.15. The summed E-state index contributed by atoms with van der Waals surface area (Å²) in [6.45, 7) is 11.4. The number of hydrogen-bond acceptors (Lipinski definition) is 3. The zero-order valence-electron chi connectivity index (χ0n) is 12.3. The smallest absolute Gasteiger partial charge is 0.0328 e. The average Bonchev–Trinajstić information content (AvgIpc) is 2.90. The topological polar surface area (TPSA) is 15.3 Å². The number of nitrogens with one attached hydrogen (secondary N) is 1. The number of nitrogens with zero attached hydrogens (tertiary/aromatic N) is 1. The summed E-state index contributed by atoms with van der Waals surface area (Å²) in [7, 11) is 2.07. The van der Waals surface area contributed by atoms with Crippen molar-refractivity contribution in [3.63, 3.8) is 0 Å². The summed E-state index contributed by atoms with van der Waals surface area (Å²) in [4.78, 5) is 4.05. The summed E-state index contributed by atoms with van der Waals surface area (Å²) >= 11 is 1.86. The second kappa shape index (κ2) is 7.93. The molecule has 3 heteroatoms. The molecule has 0 atom stereocenters. The van der Waals surface area contributed by atoms with Gasteiger partial charge in [-0.3, -0.25) is 4.90 Å². The standard InChI is InChI=1S/C15H28N2S/c1-5-15(6-2,12-16-4)13-17(7-3)11-14-9-8-10-18-14/h8-10,16H,5-7,11-13H2,1-4H3. The Bertz CT molecular complexity index is 304. The lowest BCUT2D eigenvalue weighted by molar-refractivity contribution is 0.136. The molecule has 0 aliphatic carbocycles. The summed E-state index contributed by atoms with van der Waals surface area (Å²) in [5.74, 6) is 0. The summed E-state index contributed by atoms with van der Waals surface area (Å²) in [6.07, 6.45) is 2.48. The van der Waals surface area contributed by atoms with Crippen LogP contribution in [0.1, 0.15) is 38.5 Å². The first-order valence-electron chi connectivity index (χ1n) is 7.09. The van der Waals surface area contributed by atoms with Gasteiger partial charge >= 0.3 is 0 Å². The van der Waals surface area contributed by atoms with Gasteiger partial charge in [-0.2, -0.15) is 0 Å². The third-order valence-corrected chi connectivity index (χ3v) is 4.88. The summed E-state index contributed by atoms with van der Waals surface area (Å²) in [5.41, 5.74) is 0.419. The van der Waals surface area contributed by atoms with Crippen molar-refractivity contribution in [2.75, 3.05) is 26.7 Å². The Hall–Kier alpha value is -0.380. The predicted octanol–water partition coefficient (Wildman–Crippen LogP) is 3.60. The zero-order valence-corrected chi connectivity index (χ0v) is 13.1. The molecule has 0 aliphatic heterocycles. The first-order chi connectivity index (χ1) is 8.69. The fourth-order valence-electron chi connectivity index (χ4n) is 2.53. The molecule has 0 spiro atoms. The third kappa shape index (κ3) is 4.38. The van der Waals surface area contributed by atoms with Crippen LogP contribution < -0.4 is 5.32 Å². The molecule has 1 N–H and O–H groups in total. The van der Waals surface area contributed by atoms with Crippen LogP contribution in [0.25, 0.3) is 0 Å². The van der Waals surface area contributed by atoms with E-state index in [0.717, 1.165) is 19.6 Å². The largest absolute Gasteiger partial charge is 0.319 e. The number of rotatable bonds is 9. The maximum absolute atomic E-state index is 3.37. The lowest BCUT2D eigenvalue weighted by atomic mass is 9.81. The van der Waals surface area contributed by atoms with Gasteiger partial charge in [0.15, 0.2) is 0 Å². The first kappa shape index (κ1) is 15.7. The van der Waals surface area contributed by atoms with Crippen molar-refractivity contribution < 1.29 is 0 Å². The van der Waals surface area contributed by atoms with Gasteiger partial charge in [0.25, 0.3) is 0 Å². The van der Waals surface area contributed by atoms with E-state index in [-0.39, 0.29) is 0 Å². The summed E-state index contributed by atoms with van der Waals surface area (Å²) < 4.78 is 0. The van der Waals surface area contributed by atoms with E-state index >= 15 is 0 Å². The van der Waals surface area contributed by atoms with Crippen LogP contribution in [0, 0.1) is 5.41 Å². The van der Waals surface area contributed by atoms with E-state index < -0.39 is 0 Å². The Labute approximate surface area is 116 Å². The van der Waals surface area contributed by atoms with Crippen molar-refractivity contribution >= 4 is 11.3 Å². The van der Waals surface area contributed by atoms with Gasteiger partial charge in [0.1, 0.15) is 0 Å². The van der Waals surface area contributed by atoms with E-state index in [0.29, 0.717) is 5.41 Å². The van der Waals surface area contributed by atoms with Crippen LogP contribution in [0.5, 0.6) is 0 Å². The molecule has 0 fully saturated rings. The van der Waals surface area contributed by atoms with E-state index in [9.17, 15) is 0 Å². The molecule has 0 saturated heterocycles. The molecule has 1 aromatic heterocycles. The van der Waals surface area contributed by atoms with Crippen LogP contribution in [0.2, 0.25) is 0 Å².